The zero-order chi connectivity index (χ0) is 10.7. The highest BCUT2D eigenvalue weighted by Crippen LogP contribution is 2.24. The molecule has 0 atom stereocenters. The highest BCUT2D eigenvalue weighted by atomic mass is 35.5. The lowest BCUT2D eigenvalue weighted by Gasteiger charge is -2.06. The van der Waals surface area contributed by atoms with Crippen LogP contribution in [-0.2, 0) is 6.42 Å². The van der Waals surface area contributed by atoms with E-state index in [9.17, 15) is 8.78 Å². The molecule has 1 heterocycles. The van der Waals surface area contributed by atoms with Crippen LogP contribution in [0.25, 0.3) is 0 Å². The second-order valence-corrected chi connectivity index (χ2v) is 3.14. The fraction of sp³-hybridized carbons (Fsp3) is 0.333. The lowest BCUT2D eigenvalue weighted by Crippen LogP contribution is -1.99. The molecule has 1 rings (SSSR count). The van der Waals surface area contributed by atoms with Crippen LogP contribution in [0.2, 0.25) is 5.02 Å². The minimum absolute atomic E-state index is 0.00782. The molecule has 0 aliphatic carbocycles. The largest absolute Gasteiger partial charge is 0.280 e. The van der Waals surface area contributed by atoms with Crippen molar-refractivity contribution < 1.29 is 8.78 Å². The van der Waals surface area contributed by atoms with Crippen LogP contribution in [0.5, 0.6) is 0 Å². The maximum atomic E-state index is 12.3. The highest BCUT2D eigenvalue weighted by Gasteiger charge is 2.13. The lowest BCUT2D eigenvalue weighted by atomic mass is 10.1. The van der Waals surface area contributed by atoms with E-state index in [0.717, 1.165) is 6.07 Å². The van der Waals surface area contributed by atoms with Gasteiger partial charge in [-0.05, 0) is 18.6 Å². The van der Waals surface area contributed by atoms with Gasteiger partial charge in [-0.3, -0.25) is 4.98 Å². The molecular formula is C9H7ClF2N2. The first-order chi connectivity index (χ1) is 6.56. The van der Waals surface area contributed by atoms with E-state index in [0.29, 0.717) is 11.3 Å². The fourth-order valence-electron chi connectivity index (χ4n) is 1.01. The van der Waals surface area contributed by atoms with Crippen molar-refractivity contribution in [2.45, 2.75) is 19.8 Å². The summed E-state index contributed by atoms with van der Waals surface area (Å²) >= 11 is 5.72. The molecule has 0 aliphatic heterocycles. The molecule has 0 amide bonds. The Morgan fingerprint density at radius 3 is 2.79 bits per heavy atom. The van der Waals surface area contributed by atoms with Crippen molar-refractivity contribution in [3.05, 3.63) is 28.0 Å². The lowest BCUT2D eigenvalue weighted by molar-refractivity contribution is 0.146. The topological polar surface area (TPSA) is 36.7 Å². The van der Waals surface area contributed by atoms with E-state index in [2.05, 4.69) is 4.98 Å². The van der Waals surface area contributed by atoms with Gasteiger partial charge in [-0.1, -0.05) is 11.6 Å². The van der Waals surface area contributed by atoms with E-state index >= 15 is 0 Å². The normalized spacial score (nSPS) is 10.3. The summed E-state index contributed by atoms with van der Waals surface area (Å²) in [5, 5.41) is 8.67. The van der Waals surface area contributed by atoms with E-state index in [1.54, 1.807) is 6.92 Å². The molecule has 5 heteroatoms. The second kappa shape index (κ2) is 4.34. The van der Waals surface area contributed by atoms with Crippen LogP contribution in [0.4, 0.5) is 8.78 Å². The van der Waals surface area contributed by atoms with Crippen molar-refractivity contribution in [2.75, 3.05) is 0 Å². The predicted octanol–water partition coefficient (Wildman–Crippen LogP) is 3.05. The number of nitrogens with zero attached hydrogens (tertiary/aromatic N) is 2. The minimum atomic E-state index is -2.66. The van der Waals surface area contributed by atoms with Crippen LogP contribution in [0, 0.1) is 18.3 Å². The van der Waals surface area contributed by atoms with E-state index in [1.165, 1.54) is 0 Å². The van der Waals surface area contributed by atoms with Gasteiger partial charge in [0, 0.05) is 5.02 Å². The molecule has 1 aromatic rings. The Morgan fingerprint density at radius 2 is 2.29 bits per heavy atom. The van der Waals surface area contributed by atoms with E-state index in [-0.39, 0.29) is 17.1 Å². The molecule has 74 valence electrons. The summed E-state index contributed by atoms with van der Waals surface area (Å²) in [6, 6.07) is 2.98. The number of alkyl halides is 2. The summed E-state index contributed by atoms with van der Waals surface area (Å²) in [5.74, 6) is 0. The maximum absolute atomic E-state index is 12.3. The van der Waals surface area contributed by atoms with Gasteiger partial charge in [-0.25, -0.2) is 8.78 Å². The van der Waals surface area contributed by atoms with Crippen LogP contribution >= 0.6 is 11.6 Å². The quantitative estimate of drug-likeness (QED) is 0.762. The summed E-state index contributed by atoms with van der Waals surface area (Å²) in [6.45, 7) is 1.65. The van der Waals surface area contributed by atoms with Gasteiger partial charge in [0.1, 0.15) is 5.69 Å². The molecule has 0 saturated carbocycles. The summed E-state index contributed by atoms with van der Waals surface area (Å²) in [4.78, 5) is 3.67. The third-order valence-electron chi connectivity index (χ3n) is 1.80. The Bertz CT molecular complexity index is 385. The maximum Gasteiger partial charge on any atom is 0.280 e. The summed E-state index contributed by atoms with van der Waals surface area (Å²) in [7, 11) is 0. The van der Waals surface area contributed by atoms with Gasteiger partial charge >= 0.3 is 0 Å². The average Bonchev–Trinajstić information content (AvgIpc) is 2.12. The molecular weight excluding hydrogens is 210 g/mol. The van der Waals surface area contributed by atoms with Gasteiger partial charge in [0.25, 0.3) is 6.43 Å². The van der Waals surface area contributed by atoms with Crippen LogP contribution in [0.1, 0.15) is 23.4 Å². The summed E-state index contributed by atoms with van der Waals surface area (Å²) in [6.07, 6.45) is -2.67. The monoisotopic (exact) mass is 216 g/mol. The van der Waals surface area contributed by atoms with Crippen LogP contribution in [0.3, 0.4) is 0 Å². The number of rotatable bonds is 2. The SMILES string of the molecule is Cc1c(Cl)cc(C(F)F)nc1CC#N. The molecule has 0 fully saturated rings. The molecule has 0 saturated heterocycles. The molecule has 0 N–H and O–H groups in total. The van der Waals surface area contributed by atoms with Gasteiger partial charge < -0.3 is 0 Å². The predicted molar refractivity (Wildman–Crippen MR) is 48.3 cm³/mol. The Hall–Kier alpha value is -1.21. The number of hydrogen-bond acceptors (Lipinski definition) is 2. The first-order valence-electron chi connectivity index (χ1n) is 3.87. The van der Waals surface area contributed by atoms with Crippen molar-refractivity contribution in [3.8, 4) is 6.07 Å². The molecule has 0 unspecified atom stereocenters. The van der Waals surface area contributed by atoms with Crippen LogP contribution < -0.4 is 0 Å². The molecule has 0 aliphatic rings. The van der Waals surface area contributed by atoms with Crippen LogP contribution in [0.15, 0.2) is 6.07 Å². The number of halogens is 3. The van der Waals surface area contributed by atoms with Crippen molar-refractivity contribution in [3.63, 3.8) is 0 Å². The summed E-state index contributed by atoms with van der Waals surface area (Å²) < 4.78 is 24.6. The Labute approximate surface area is 85.1 Å². The minimum Gasteiger partial charge on any atom is -0.250 e. The van der Waals surface area contributed by atoms with Crippen molar-refractivity contribution in [1.29, 1.82) is 5.26 Å². The fourth-order valence-corrected chi connectivity index (χ4v) is 1.23. The molecule has 0 radical (unpaired) electrons. The molecule has 0 spiro atoms. The number of pyridine rings is 1. The van der Waals surface area contributed by atoms with Crippen molar-refractivity contribution in [2.24, 2.45) is 0 Å². The zero-order valence-corrected chi connectivity index (χ0v) is 8.15. The first kappa shape index (κ1) is 10.9. The van der Waals surface area contributed by atoms with Crippen molar-refractivity contribution >= 4 is 11.6 Å². The van der Waals surface area contributed by atoms with Gasteiger partial charge in [0.15, 0.2) is 0 Å². The number of nitriles is 1. The molecule has 0 bridgehead atoms. The third kappa shape index (κ3) is 2.18. The van der Waals surface area contributed by atoms with Gasteiger partial charge in [0.2, 0.25) is 0 Å². The summed E-state index contributed by atoms with van der Waals surface area (Å²) in [5.41, 5.74) is 0.513. The van der Waals surface area contributed by atoms with Crippen LogP contribution in [-0.4, -0.2) is 4.98 Å². The standard InChI is InChI=1S/C9H7ClF2N2/c1-5-6(10)4-8(9(11)12)14-7(5)2-3-13/h4,9H,2H2,1H3. The van der Waals surface area contributed by atoms with Gasteiger partial charge in [-0.15, -0.1) is 0 Å². The number of hydrogen-bond donors (Lipinski definition) is 0. The molecule has 14 heavy (non-hydrogen) atoms. The first-order valence-corrected chi connectivity index (χ1v) is 4.25. The number of aromatic nitrogens is 1. The van der Waals surface area contributed by atoms with Gasteiger partial charge in [0.05, 0.1) is 18.2 Å². The van der Waals surface area contributed by atoms with E-state index in [1.807, 2.05) is 6.07 Å². The Kier molecular flexibility index (Phi) is 3.37. The smallest absolute Gasteiger partial charge is 0.250 e. The van der Waals surface area contributed by atoms with E-state index in [4.69, 9.17) is 16.9 Å². The highest BCUT2D eigenvalue weighted by molar-refractivity contribution is 6.31. The van der Waals surface area contributed by atoms with Gasteiger partial charge in [-0.2, -0.15) is 5.26 Å². The molecule has 0 aromatic carbocycles. The van der Waals surface area contributed by atoms with E-state index < -0.39 is 6.43 Å². The second-order valence-electron chi connectivity index (χ2n) is 2.74. The Balaban J connectivity index is 3.22. The third-order valence-corrected chi connectivity index (χ3v) is 2.19. The van der Waals surface area contributed by atoms with Crippen molar-refractivity contribution in [1.82, 2.24) is 4.98 Å². The Morgan fingerprint density at radius 1 is 1.64 bits per heavy atom. The molecule has 1 aromatic heterocycles. The molecule has 2 nitrogen and oxygen atoms in total. The zero-order valence-electron chi connectivity index (χ0n) is 7.39. The average molecular weight is 217 g/mol.